The van der Waals surface area contributed by atoms with E-state index in [0.29, 0.717) is 0 Å². The summed E-state index contributed by atoms with van der Waals surface area (Å²) in [5.41, 5.74) is -1.10. The molecule has 1 nitrogen and oxygen atoms in total. The first-order valence-electron chi connectivity index (χ1n) is 3.99. The first-order valence-corrected chi connectivity index (χ1v) is 5.07. The number of hydrogen-bond acceptors (Lipinski definition) is 1. The zero-order chi connectivity index (χ0) is 12.6. The molecule has 0 N–H and O–H groups in total. The predicted octanol–water partition coefficient (Wildman–Crippen LogP) is 3.95. The van der Waals surface area contributed by atoms with Crippen molar-refractivity contribution in [2.75, 3.05) is 7.11 Å². The molecule has 1 aromatic rings. The molecule has 0 spiro atoms. The van der Waals surface area contributed by atoms with Gasteiger partial charge in [-0.3, -0.25) is 0 Å². The molecule has 16 heavy (non-hydrogen) atoms. The molecule has 0 fully saturated rings. The van der Waals surface area contributed by atoms with E-state index in [1.807, 2.05) is 0 Å². The molecule has 0 saturated heterocycles. The van der Waals surface area contributed by atoms with Crippen LogP contribution in [0, 0.1) is 3.57 Å². The van der Waals surface area contributed by atoms with E-state index in [4.69, 9.17) is 0 Å². The lowest BCUT2D eigenvalue weighted by atomic mass is 10.1. The van der Waals surface area contributed by atoms with Crippen molar-refractivity contribution < 1.29 is 26.7 Å². The Morgan fingerprint density at radius 2 is 1.69 bits per heavy atom. The van der Waals surface area contributed by atoms with Crippen molar-refractivity contribution in [1.29, 1.82) is 0 Å². The summed E-state index contributed by atoms with van der Waals surface area (Å²) in [6.45, 7) is 0. The van der Waals surface area contributed by atoms with Crippen LogP contribution in [0.25, 0.3) is 0 Å². The molecular weight excluding hydrogens is 346 g/mol. The number of hydrogen-bond donors (Lipinski definition) is 0. The second-order valence-corrected chi connectivity index (χ2v) is 3.97. The van der Waals surface area contributed by atoms with Gasteiger partial charge in [-0.25, -0.2) is 0 Å². The molecule has 0 aliphatic heterocycles. The van der Waals surface area contributed by atoms with Gasteiger partial charge < -0.3 is 4.74 Å². The molecule has 0 bridgehead atoms. The maximum atomic E-state index is 13.1. The topological polar surface area (TPSA) is 9.23 Å². The molecule has 0 saturated carbocycles. The molecule has 90 valence electrons. The number of ether oxygens (including phenoxy) is 1. The van der Waals surface area contributed by atoms with Gasteiger partial charge in [-0.2, -0.15) is 22.0 Å². The van der Waals surface area contributed by atoms with E-state index < -0.39 is 17.7 Å². The predicted molar refractivity (Wildman–Crippen MR) is 55.7 cm³/mol. The molecule has 0 aliphatic carbocycles. The van der Waals surface area contributed by atoms with Crippen LogP contribution in [-0.4, -0.2) is 13.3 Å². The Kier molecular flexibility index (Phi) is 3.65. The van der Waals surface area contributed by atoms with Gasteiger partial charge in [0.05, 0.1) is 10.7 Å². The normalized spacial score (nSPS) is 12.7. The Bertz CT molecular complexity index is 388. The maximum Gasteiger partial charge on any atom is 0.458 e. The van der Waals surface area contributed by atoms with Gasteiger partial charge >= 0.3 is 12.1 Å². The van der Waals surface area contributed by atoms with E-state index in [1.54, 1.807) is 0 Å². The highest BCUT2D eigenvalue weighted by molar-refractivity contribution is 14.1. The van der Waals surface area contributed by atoms with Crippen LogP contribution in [0.4, 0.5) is 22.0 Å². The molecule has 0 atom stereocenters. The number of methoxy groups -OCH3 is 1. The minimum absolute atomic E-state index is 0.0120. The molecule has 0 heterocycles. The van der Waals surface area contributed by atoms with Crippen molar-refractivity contribution in [2.24, 2.45) is 0 Å². The molecule has 7 heteroatoms. The van der Waals surface area contributed by atoms with Crippen LogP contribution in [0.5, 0.6) is 5.75 Å². The van der Waals surface area contributed by atoms with Gasteiger partial charge in [0.2, 0.25) is 0 Å². The van der Waals surface area contributed by atoms with Crippen molar-refractivity contribution in [2.45, 2.75) is 12.1 Å². The molecule has 0 aliphatic rings. The Hall–Kier alpha value is -0.600. The van der Waals surface area contributed by atoms with Crippen LogP contribution in [0.15, 0.2) is 18.2 Å². The Morgan fingerprint density at radius 3 is 2.12 bits per heavy atom. The smallest absolute Gasteiger partial charge is 0.458 e. The van der Waals surface area contributed by atoms with Crippen LogP contribution >= 0.6 is 22.6 Å². The third-order valence-electron chi connectivity index (χ3n) is 1.88. The standard InChI is InChI=1S/C9H6F5IO/c1-16-6-4-2-3-5(7(6)15)8(10,11)9(12,13)14/h2-4H,1H3. The zero-order valence-electron chi connectivity index (χ0n) is 7.91. The molecule has 0 aromatic heterocycles. The van der Waals surface area contributed by atoms with Crippen LogP contribution in [0.3, 0.4) is 0 Å². The molecule has 1 rings (SSSR count). The molecule has 0 radical (unpaired) electrons. The van der Waals surface area contributed by atoms with Gasteiger partial charge in [-0.05, 0) is 28.7 Å². The van der Waals surface area contributed by atoms with Crippen LogP contribution in [0.1, 0.15) is 5.56 Å². The monoisotopic (exact) mass is 352 g/mol. The van der Waals surface area contributed by atoms with Crippen molar-refractivity contribution in [3.63, 3.8) is 0 Å². The lowest BCUT2D eigenvalue weighted by molar-refractivity contribution is -0.289. The van der Waals surface area contributed by atoms with Crippen molar-refractivity contribution >= 4 is 22.6 Å². The average molecular weight is 352 g/mol. The minimum atomic E-state index is -5.61. The lowest BCUT2D eigenvalue weighted by Crippen LogP contribution is -2.34. The Labute approximate surface area is 102 Å². The molecular formula is C9H6F5IO. The molecule has 0 amide bonds. The second-order valence-electron chi connectivity index (χ2n) is 2.89. The fourth-order valence-electron chi connectivity index (χ4n) is 1.06. The first-order chi connectivity index (χ1) is 7.21. The number of alkyl halides is 5. The van der Waals surface area contributed by atoms with Crippen LogP contribution in [-0.2, 0) is 5.92 Å². The lowest BCUT2D eigenvalue weighted by Gasteiger charge is -2.21. The summed E-state index contributed by atoms with van der Waals surface area (Å²) in [5, 5.41) is 0. The van der Waals surface area contributed by atoms with Gasteiger partial charge in [-0.15, -0.1) is 0 Å². The zero-order valence-corrected chi connectivity index (χ0v) is 10.1. The summed E-state index contributed by atoms with van der Waals surface area (Å²) >= 11 is 1.40. The SMILES string of the molecule is COc1cccc(C(F)(F)C(F)(F)F)c1I. The van der Waals surface area contributed by atoms with Gasteiger partial charge in [0.25, 0.3) is 0 Å². The van der Waals surface area contributed by atoms with Crippen molar-refractivity contribution in [1.82, 2.24) is 0 Å². The van der Waals surface area contributed by atoms with Crippen molar-refractivity contribution in [3.8, 4) is 5.75 Å². The highest BCUT2D eigenvalue weighted by atomic mass is 127. The van der Waals surface area contributed by atoms with Crippen LogP contribution in [0.2, 0.25) is 0 Å². The first kappa shape index (κ1) is 13.5. The van der Waals surface area contributed by atoms with E-state index in [-0.39, 0.29) is 9.32 Å². The fraction of sp³-hybridized carbons (Fsp3) is 0.333. The summed E-state index contributed by atoms with van der Waals surface area (Å²) in [4.78, 5) is 0. The Balaban J connectivity index is 3.34. The van der Waals surface area contributed by atoms with Gasteiger partial charge in [0.1, 0.15) is 5.75 Å². The fourth-order valence-corrected chi connectivity index (χ4v) is 1.98. The summed E-state index contributed by atoms with van der Waals surface area (Å²) < 4.78 is 67.0. The molecule has 0 unspecified atom stereocenters. The molecule has 1 aromatic carbocycles. The summed E-state index contributed by atoms with van der Waals surface area (Å²) in [6.07, 6.45) is -5.61. The van der Waals surface area contributed by atoms with E-state index in [0.717, 1.165) is 12.1 Å². The van der Waals surface area contributed by atoms with Gasteiger partial charge in [0, 0.05) is 5.56 Å². The largest absolute Gasteiger partial charge is 0.496 e. The van der Waals surface area contributed by atoms with E-state index >= 15 is 0 Å². The minimum Gasteiger partial charge on any atom is -0.496 e. The maximum absolute atomic E-state index is 13.1. The third-order valence-corrected chi connectivity index (χ3v) is 2.99. The van der Waals surface area contributed by atoms with Crippen LogP contribution < -0.4 is 4.74 Å². The summed E-state index contributed by atoms with van der Waals surface area (Å²) in [5.74, 6) is -4.89. The Morgan fingerprint density at radius 1 is 1.12 bits per heavy atom. The van der Waals surface area contributed by atoms with Gasteiger partial charge in [-0.1, -0.05) is 12.1 Å². The summed E-state index contributed by atoms with van der Waals surface area (Å²) in [7, 11) is 1.20. The highest BCUT2D eigenvalue weighted by Gasteiger charge is 2.59. The van der Waals surface area contributed by atoms with E-state index in [1.165, 1.54) is 35.8 Å². The van der Waals surface area contributed by atoms with Gasteiger partial charge in [0.15, 0.2) is 0 Å². The number of benzene rings is 1. The number of halogens is 6. The number of rotatable bonds is 2. The van der Waals surface area contributed by atoms with Crippen molar-refractivity contribution in [3.05, 3.63) is 27.3 Å². The second kappa shape index (κ2) is 4.34. The van der Waals surface area contributed by atoms with E-state index in [2.05, 4.69) is 4.74 Å². The van der Waals surface area contributed by atoms with E-state index in [9.17, 15) is 22.0 Å². The quantitative estimate of drug-likeness (QED) is 0.579. The highest BCUT2D eigenvalue weighted by Crippen LogP contribution is 2.46. The third kappa shape index (κ3) is 2.23. The average Bonchev–Trinajstić information content (AvgIpc) is 2.16. The summed E-state index contributed by atoms with van der Waals surface area (Å²) in [6, 6.07) is 3.14.